The molecule has 0 spiro atoms. The number of carbonyl (C=O) groups excluding carboxylic acids is 1. The molecule has 0 amide bonds. The molecular formula is C4H11BINO6P-. The second kappa shape index (κ2) is 6.16. The Hall–Kier alpha value is 0.495. The van der Waals surface area contributed by atoms with Gasteiger partial charge in [-0.2, -0.15) is 0 Å². The summed E-state index contributed by atoms with van der Waals surface area (Å²) in [4.78, 5) is 27.6. The van der Waals surface area contributed by atoms with Gasteiger partial charge in [-0.05, 0) is 0 Å². The first-order valence-electron chi connectivity index (χ1n) is 3.55. The summed E-state index contributed by atoms with van der Waals surface area (Å²) in [5, 5.41) is 9.00. The Morgan fingerprint density at radius 1 is 1.71 bits per heavy atom. The molecule has 0 aliphatic carbocycles. The van der Waals surface area contributed by atoms with E-state index in [4.69, 9.17) is 18.8 Å². The fourth-order valence-corrected chi connectivity index (χ4v) is 1.98. The van der Waals surface area contributed by atoms with E-state index in [2.05, 4.69) is 4.44 Å². The van der Waals surface area contributed by atoms with Gasteiger partial charge in [-0.3, -0.25) is 0 Å². The van der Waals surface area contributed by atoms with Gasteiger partial charge in [-0.25, -0.2) is 0 Å². The minimum atomic E-state index is -4.70. The molecule has 1 atom stereocenters. The second-order valence-electron chi connectivity index (χ2n) is 2.60. The van der Waals surface area contributed by atoms with Crippen molar-refractivity contribution in [2.24, 2.45) is 9.86 Å². The van der Waals surface area contributed by atoms with Gasteiger partial charge in [0.15, 0.2) is 0 Å². The summed E-state index contributed by atoms with van der Waals surface area (Å²) in [5.74, 6) is -0.547. The molecule has 7 nitrogen and oxygen atoms in total. The molecule has 0 saturated carbocycles. The third-order valence-corrected chi connectivity index (χ3v) is 3.50. The first kappa shape index (κ1) is 14.5. The maximum absolute atomic E-state index is 11.0. The van der Waals surface area contributed by atoms with Crippen LogP contribution in [0.15, 0.2) is 0 Å². The van der Waals surface area contributed by atoms with Crippen LogP contribution in [0.25, 0.3) is 0 Å². The van der Waals surface area contributed by atoms with E-state index >= 15 is 0 Å². The molecule has 0 aliphatic rings. The fourth-order valence-electron chi connectivity index (χ4n) is 0.704. The van der Waals surface area contributed by atoms with E-state index in [1.807, 2.05) is 0 Å². The molecule has 0 aromatic heterocycles. The van der Waals surface area contributed by atoms with Gasteiger partial charge in [-0.15, -0.1) is 0 Å². The van der Waals surface area contributed by atoms with Crippen molar-refractivity contribution in [1.29, 1.82) is 0 Å². The Morgan fingerprint density at radius 3 is 2.57 bits per heavy atom. The van der Waals surface area contributed by atoms with Crippen molar-refractivity contribution in [1.82, 2.24) is 0 Å². The van der Waals surface area contributed by atoms with E-state index in [1.165, 1.54) is 6.92 Å². The van der Waals surface area contributed by atoms with Crippen LogP contribution in [0.4, 0.5) is 0 Å². The van der Waals surface area contributed by atoms with Gasteiger partial charge < -0.3 is 0 Å². The predicted molar refractivity (Wildman–Crippen MR) is 44.3 cm³/mol. The van der Waals surface area contributed by atoms with Crippen molar-refractivity contribution in [3.05, 3.63) is 0 Å². The predicted octanol–water partition coefficient (Wildman–Crippen LogP) is -4.30. The Kier molecular flexibility index (Phi) is 6.38. The number of halogens is 1. The molecule has 0 radical (unpaired) electrons. The van der Waals surface area contributed by atoms with Crippen LogP contribution in [0.3, 0.4) is 0 Å². The number of nitrogens with two attached hydrogens (primary N) is 1. The van der Waals surface area contributed by atoms with Gasteiger partial charge in [0.25, 0.3) is 0 Å². The maximum atomic E-state index is 11.0. The van der Waals surface area contributed by atoms with E-state index < -0.39 is 42.3 Å². The third kappa shape index (κ3) is 6.88. The molecule has 10 heteroatoms. The monoisotopic (exact) mass is 338 g/mol. The standard InChI is InChI=1S/C4H11BINO6P/c1-3(4(8)6-7)2-5(9)13-14(10,11)12/h3,9H,2,7H2,1H3,(H2,10,11,12)/q-1/t3-/m1/s1. The van der Waals surface area contributed by atoms with Crippen molar-refractivity contribution < 1.29 is 50.1 Å². The van der Waals surface area contributed by atoms with Gasteiger partial charge in [-0.1, -0.05) is 0 Å². The molecule has 14 heavy (non-hydrogen) atoms. The van der Waals surface area contributed by atoms with Crippen LogP contribution in [0, 0.1) is 5.92 Å². The van der Waals surface area contributed by atoms with Gasteiger partial charge in [0, 0.05) is 0 Å². The van der Waals surface area contributed by atoms with Crippen molar-refractivity contribution >= 4 is 18.7 Å². The number of rotatable bonds is 6. The molecule has 0 unspecified atom stereocenters. The molecule has 5 N–H and O–H groups in total. The molecule has 0 saturated heterocycles. The van der Waals surface area contributed by atoms with Gasteiger partial charge in [0.2, 0.25) is 0 Å². The summed E-state index contributed by atoms with van der Waals surface area (Å²) in [6, 6.07) is 0. The molecular weight excluding hydrogens is 327 g/mol. The molecule has 0 aromatic rings. The first-order chi connectivity index (χ1) is 6.26. The third-order valence-electron chi connectivity index (χ3n) is 1.31. The average Bonchev–Trinajstić information content (AvgIpc) is 1.99. The number of hydrogen-bond donors (Lipinski definition) is 4. The molecule has 0 aliphatic heterocycles. The topological polar surface area (TPSA) is 130 Å². The Morgan fingerprint density at radius 2 is 2.21 bits per heavy atom. The second-order valence-corrected chi connectivity index (χ2v) is 5.48. The molecule has 0 heterocycles. The SMILES string of the molecule is C[C@H](CB(O)OP(=O)(O)O)C(=O)[I-]N. The van der Waals surface area contributed by atoms with Gasteiger partial charge in [0.1, 0.15) is 0 Å². The van der Waals surface area contributed by atoms with Crippen LogP contribution in [-0.2, 0) is 13.8 Å². The van der Waals surface area contributed by atoms with E-state index in [0.29, 0.717) is 0 Å². The summed E-state index contributed by atoms with van der Waals surface area (Å²) < 4.78 is 19.2. The summed E-state index contributed by atoms with van der Waals surface area (Å²) in [6.07, 6.45) is -0.166. The van der Waals surface area contributed by atoms with E-state index in [-0.39, 0.29) is 10.1 Å². The Labute approximate surface area is 92.0 Å². The summed E-state index contributed by atoms with van der Waals surface area (Å²) >= 11 is -1.06. The van der Waals surface area contributed by atoms with E-state index in [1.54, 1.807) is 0 Å². The number of carbonyl (C=O) groups is 1. The van der Waals surface area contributed by atoms with Crippen LogP contribution in [-0.4, -0.2) is 25.7 Å². The van der Waals surface area contributed by atoms with Crippen LogP contribution >= 0.6 is 7.82 Å². The number of hydrogen-bond acceptors (Lipinski definition) is 5. The first-order valence-corrected chi connectivity index (χ1v) is 7.41. The zero-order valence-corrected chi connectivity index (χ0v) is 10.4. The molecule has 0 bridgehead atoms. The molecule has 84 valence electrons. The molecule has 0 aromatic carbocycles. The quantitative estimate of drug-likeness (QED) is 0.127. The number of phosphoric acid groups is 1. The van der Waals surface area contributed by atoms with Crippen LogP contribution in [0.2, 0.25) is 6.32 Å². The van der Waals surface area contributed by atoms with E-state index in [9.17, 15) is 9.36 Å². The zero-order chi connectivity index (χ0) is 11.4. The Bertz CT molecular complexity index is 246. The van der Waals surface area contributed by atoms with Crippen LogP contribution in [0.5, 0.6) is 0 Å². The zero-order valence-electron chi connectivity index (χ0n) is 7.33. The van der Waals surface area contributed by atoms with Crippen LogP contribution in [0.1, 0.15) is 6.92 Å². The Balaban J connectivity index is 4.00. The average molecular weight is 338 g/mol. The molecule has 0 rings (SSSR count). The minimum absolute atomic E-state index is 0.166. The van der Waals surface area contributed by atoms with Gasteiger partial charge in [0.05, 0.1) is 0 Å². The van der Waals surface area contributed by atoms with Gasteiger partial charge >= 0.3 is 91.9 Å². The van der Waals surface area contributed by atoms with E-state index in [0.717, 1.165) is 0 Å². The van der Waals surface area contributed by atoms with Crippen molar-refractivity contribution in [2.45, 2.75) is 13.2 Å². The summed E-state index contributed by atoms with van der Waals surface area (Å²) in [7, 11) is -6.35. The summed E-state index contributed by atoms with van der Waals surface area (Å²) in [6.45, 7) is 1.52. The molecule has 0 fully saturated rings. The summed E-state index contributed by atoms with van der Waals surface area (Å²) in [5.41, 5.74) is 0. The fraction of sp³-hybridized carbons (Fsp3) is 0.750. The van der Waals surface area contributed by atoms with Crippen molar-refractivity contribution in [3.63, 3.8) is 0 Å². The normalized spacial score (nSPS) is 14.1. The van der Waals surface area contributed by atoms with Crippen molar-refractivity contribution in [3.8, 4) is 0 Å². The van der Waals surface area contributed by atoms with Crippen LogP contribution < -0.4 is 25.4 Å². The van der Waals surface area contributed by atoms with Crippen molar-refractivity contribution in [2.75, 3.05) is 0 Å².